The molecular formula is C11H11N5S3. The first-order valence-electron chi connectivity index (χ1n) is 5.52. The summed E-state index contributed by atoms with van der Waals surface area (Å²) in [6.07, 6.45) is 1.61. The number of fused-ring (bicyclic) bond motifs is 1. The molecule has 19 heavy (non-hydrogen) atoms. The van der Waals surface area contributed by atoms with Gasteiger partial charge in [-0.1, -0.05) is 11.3 Å². The lowest BCUT2D eigenvalue weighted by Crippen LogP contribution is -2.07. The van der Waals surface area contributed by atoms with Crippen LogP contribution >= 0.6 is 34.4 Å². The van der Waals surface area contributed by atoms with E-state index in [1.54, 1.807) is 40.8 Å². The van der Waals surface area contributed by atoms with E-state index in [0.717, 1.165) is 24.7 Å². The van der Waals surface area contributed by atoms with Gasteiger partial charge in [0.25, 0.3) is 0 Å². The monoisotopic (exact) mass is 309 g/mol. The standard InChI is InChI=1S/C11H11N5S3/c1-6-4-17-8-7(6)12-5-13-9(8)18-11-15-14-10(19-11)16(2)3/h4-5H,1-3H3. The van der Waals surface area contributed by atoms with Gasteiger partial charge in [0.2, 0.25) is 5.13 Å². The van der Waals surface area contributed by atoms with E-state index in [2.05, 4.69) is 32.5 Å². The van der Waals surface area contributed by atoms with Gasteiger partial charge in [-0.15, -0.1) is 21.5 Å². The van der Waals surface area contributed by atoms with Gasteiger partial charge in [0, 0.05) is 14.1 Å². The molecule has 0 N–H and O–H groups in total. The summed E-state index contributed by atoms with van der Waals surface area (Å²) in [6.45, 7) is 2.06. The number of hydrogen-bond donors (Lipinski definition) is 0. The summed E-state index contributed by atoms with van der Waals surface area (Å²) in [6, 6.07) is 0. The number of thiophene rings is 1. The molecule has 3 aromatic rings. The maximum atomic E-state index is 4.36. The van der Waals surface area contributed by atoms with Crippen LogP contribution in [-0.4, -0.2) is 34.3 Å². The predicted molar refractivity (Wildman–Crippen MR) is 80.5 cm³/mol. The highest BCUT2D eigenvalue weighted by Crippen LogP contribution is 2.37. The minimum absolute atomic E-state index is 0.898. The molecule has 3 heterocycles. The van der Waals surface area contributed by atoms with Gasteiger partial charge in [-0.05, 0) is 29.6 Å². The smallest absolute Gasteiger partial charge is 0.208 e. The molecule has 0 unspecified atom stereocenters. The van der Waals surface area contributed by atoms with Crippen LogP contribution in [0.4, 0.5) is 5.13 Å². The second-order valence-corrected chi connectivity index (χ2v) is 7.19. The molecule has 5 nitrogen and oxygen atoms in total. The van der Waals surface area contributed by atoms with E-state index >= 15 is 0 Å². The second kappa shape index (κ2) is 5.03. The van der Waals surface area contributed by atoms with Gasteiger partial charge in [-0.3, -0.25) is 0 Å². The van der Waals surface area contributed by atoms with Crippen LogP contribution in [0.5, 0.6) is 0 Å². The van der Waals surface area contributed by atoms with Gasteiger partial charge in [0.15, 0.2) is 4.34 Å². The molecule has 0 aliphatic rings. The Balaban J connectivity index is 1.96. The summed E-state index contributed by atoms with van der Waals surface area (Å²) < 4.78 is 2.02. The fourth-order valence-corrected chi connectivity index (χ4v) is 4.35. The van der Waals surface area contributed by atoms with E-state index in [1.807, 2.05) is 19.0 Å². The summed E-state index contributed by atoms with van der Waals surface area (Å²) >= 11 is 4.78. The van der Waals surface area contributed by atoms with Crippen LogP contribution in [0.2, 0.25) is 0 Å². The Morgan fingerprint density at radius 3 is 2.79 bits per heavy atom. The van der Waals surface area contributed by atoms with Gasteiger partial charge in [0.05, 0.1) is 10.2 Å². The Kier molecular flexibility index (Phi) is 3.38. The molecule has 0 aromatic carbocycles. The van der Waals surface area contributed by atoms with Crippen molar-refractivity contribution in [1.29, 1.82) is 0 Å². The Morgan fingerprint density at radius 2 is 2.05 bits per heavy atom. The van der Waals surface area contributed by atoms with Gasteiger partial charge in [-0.2, -0.15) is 0 Å². The summed E-state index contributed by atoms with van der Waals surface area (Å²) in [4.78, 5) is 10.6. The molecule has 0 fully saturated rings. The third-order valence-electron chi connectivity index (χ3n) is 2.46. The minimum Gasteiger partial charge on any atom is -0.353 e. The summed E-state index contributed by atoms with van der Waals surface area (Å²) in [7, 11) is 3.92. The fraction of sp³-hybridized carbons (Fsp3) is 0.273. The van der Waals surface area contributed by atoms with Crippen LogP contribution in [0, 0.1) is 6.92 Å². The predicted octanol–water partition coefficient (Wildman–Crippen LogP) is 3.07. The van der Waals surface area contributed by atoms with E-state index in [4.69, 9.17) is 0 Å². The van der Waals surface area contributed by atoms with E-state index < -0.39 is 0 Å². The number of nitrogens with zero attached hydrogens (tertiary/aromatic N) is 5. The first-order chi connectivity index (χ1) is 9.15. The highest BCUT2D eigenvalue weighted by molar-refractivity contribution is 8.01. The highest BCUT2D eigenvalue weighted by Gasteiger charge is 2.13. The third-order valence-corrected chi connectivity index (χ3v) is 5.83. The van der Waals surface area contributed by atoms with E-state index in [9.17, 15) is 0 Å². The lowest BCUT2D eigenvalue weighted by molar-refractivity contribution is 0.970. The maximum absolute atomic E-state index is 4.36. The van der Waals surface area contributed by atoms with E-state index in [-0.39, 0.29) is 0 Å². The summed E-state index contributed by atoms with van der Waals surface area (Å²) in [5, 5.41) is 12.3. The van der Waals surface area contributed by atoms with Gasteiger partial charge >= 0.3 is 0 Å². The van der Waals surface area contributed by atoms with Crippen molar-refractivity contribution in [1.82, 2.24) is 20.2 Å². The van der Waals surface area contributed by atoms with Crippen molar-refractivity contribution in [2.75, 3.05) is 19.0 Å². The number of hydrogen-bond acceptors (Lipinski definition) is 8. The third kappa shape index (κ3) is 2.43. The molecular weight excluding hydrogens is 298 g/mol. The molecule has 0 atom stereocenters. The Morgan fingerprint density at radius 1 is 1.21 bits per heavy atom. The SMILES string of the molecule is Cc1csc2c(Sc3nnc(N(C)C)s3)ncnc12. The average Bonchev–Trinajstić information content (AvgIpc) is 2.98. The molecule has 3 rings (SSSR count). The zero-order valence-corrected chi connectivity index (χ0v) is 13.1. The topological polar surface area (TPSA) is 54.8 Å². The molecule has 0 bridgehead atoms. The van der Waals surface area contributed by atoms with Gasteiger partial charge in [-0.25, -0.2) is 9.97 Å². The Bertz CT molecular complexity index is 718. The number of anilines is 1. The lowest BCUT2D eigenvalue weighted by atomic mass is 10.3. The minimum atomic E-state index is 0.898. The Hall–Kier alpha value is -1.25. The molecule has 0 saturated carbocycles. The van der Waals surface area contributed by atoms with Crippen LogP contribution < -0.4 is 4.90 Å². The molecule has 0 amide bonds. The molecule has 0 spiro atoms. The number of rotatable bonds is 3. The van der Waals surface area contributed by atoms with Crippen molar-refractivity contribution in [3.63, 3.8) is 0 Å². The molecule has 0 aliphatic heterocycles. The first kappa shape index (κ1) is 12.8. The van der Waals surface area contributed by atoms with Crippen LogP contribution in [0.1, 0.15) is 5.56 Å². The van der Waals surface area contributed by atoms with Crippen molar-refractivity contribution in [2.45, 2.75) is 16.3 Å². The fourth-order valence-electron chi connectivity index (χ4n) is 1.53. The molecule has 3 aromatic heterocycles. The molecule has 0 saturated heterocycles. The number of aromatic nitrogens is 4. The normalized spacial score (nSPS) is 11.1. The Labute approximate surface area is 122 Å². The van der Waals surface area contributed by atoms with E-state index in [0.29, 0.717) is 0 Å². The molecule has 0 aliphatic carbocycles. The molecule has 0 radical (unpaired) electrons. The van der Waals surface area contributed by atoms with Crippen molar-refractivity contribution < 1.29 is 0 Å². The largest absolute Gasteiger partial charge is 0.353 e. The van der Waals surface area contributed by atoms with Crippen molar-refractivity contribution >= 4 is 49.8 Å². The van der Waals surface area contributed by atoms with Gasteiger partial charge in [0.1, 0.15) is 11.4 Å². The maximum Gasteiger partial charge on any atom is 0.208 e. The summed E-state index contributed by atoms with van der Waals surface area (Å²) in [5.74, 6) is 0. The molecule has 8 heteroatoms. The zero-order valence-electron chi connectivity index (χ0n) is 10.6. The van der Waals surface area contributed by atoms with Crippen LogP contribution in [-0.2, 0) is 0 Å². The average molecular weight is 309 g/mol. The quantitative estimate of drug-likeness (QED) is 0.693. The van der Waals surface area contributed by atoms with Crippen LogP contribution in [0.3, 0.4) is 0 Å². The van der Waals surface area contributed by atoms with Crippen molar-refractivity contribution in [3.8, 4) is 0 Å². The first-order valence-corrected chi connectivity index (χ1v) is 8.04. The zero-order chi connectivity index (χ0) is 13.4. The lowest BCUT2D eigenvalue weighted by Gasteiger charge is -2.03. The summed E-state index contributed by atoms with van der Waals surface area (Å²) in [5.41, 5.74) is 2.22. The van der Waals surface area contributed by atoms with Crippen LogP contribution in [0.25, 0.3) is 10.2 Å². The number of aryl methyl sites for hydroxylation is 1. The van der Waals surface area contributed by atoms with Crippen molar-refractivity contribution in [3.05, 3.63) is 17.3 Å². The van der Waals surface area contributed by atoms with E-state index in [1.165, 1.54) is 5.56 Å². The van der Waals surface area contributed by atoms with Crippen LogP contribution in [0.15, 0.2) is 21.1 Å². The highest BCUT2D eigenvalue weighted by atomic mass is 32.2. The molecule has 98 valence electrons. The van der Waals surface area contributed by atoms with Gasteiger partial charge < -0.3 is 4.90 Å². The second-order valence-electron chi connectivity index (χ2n) is 4.12. The van der Waals surface area contributed by atoms with Crippen molar-refractivity contribution in [2.24, 2.45) is 0 Å².